The summed E-state index contributed by atoms with van der Waals surface area (Å²) in [5.74, 6) is 2.74. The Hall–Kier alpha value is -0.220. The summed E-state index contributed by atoms with van der Waals surface area (Å²) < 4.78 is 0. The van der Waals surface area contributed by atoms with Crippen LogP contribution in [0.3, 0.4) is 0 Å². The first-order chi connectivity index (χ1) is 15.7. The van der Waals surface area contributed by atoms with Crippen LogP contribution in [0.5, 0.6) is 0 Å². The zero-order valence-electron chi connectivity index (χ0n) is 22.2. The lowest BCUT2D eigenvalue weighted by atomic mass is 10.0. The lowest BCUT2D eigenvalue weighted by molar-refractivity contribution is -0.121. The largest absolute Gasteiger partial charge is 0.356 e. The molecule has 0 fully saturated rings. The van der Waals surface area contributed by atoms with Gasteiger partial charge in [0.25, 0.3) is 0 Å². The Morgan fingerprint density at radius 3 is 1.53 bits per heavy atom. The van der Waals surface area contributed by atoms with Crippen molar-refractivity contribution in [2.24, 2.45) is 0 Å². The van der Waals surface area contributed by atoms with Gasteiger partial charge in [-0.15, -0.1) is 0 Å². The first-order valence-electron chi connectivity index (χ1n) is 14.2. The summed E-state index contributed by atoms with van der Waals surface area (Å²) in [7, 11) is 4.14. The number of rotatable bonds is 26. The smallest absolute Gasteiger partial charge is 0.219 e. The van der Waals surface area contributed by atoms with Gasteiger partial charge >= 0.3 is 0 Å². The Labute approximate surface area is 206 Å². The van der Waals surface area contributed by atoms with Gasteiger partial charge in [0.2, 0.25) is 5.91 Å². The number of amides is 1. The normalized spacial score (nSPS) is 11.4. The van der Waals surface area contributed by atoms with Gasteiger partial charge in [0, 0.05) is 13.0 Å². The van der Waals surface area contributed by atoms with Crippen LogP contribution in [0.2, 0.25) is 0 Å². The average molecular weight is 471 g/mol. The van der Waals surface area contributed by atoms with Gasteiger partial charge in [0.05, 0.1) is 0 Å². The van der Waals surface area contributed by atoms with Crippen molar-refractivity contribution >= 4 is 17.7 Å². The molecule has 32 heavy (non-hydrogen) atoms. The van der Waals surface area contributed by atoms with Crippen molar-refractivity contribution in [1.82, 2.24) is 10.2 Å². The van der Waals surface area contributed by atoms with E-state index in [0.29, 0.717) is 6.42 Å². The van der Waals surface area contributed by atoms with E-state index in [1.165, 1.54) is 121 Å². The highest BCUT2D eigenvalue weighted by Crippen LogP contribution is 2.15. The van der Waals surface area contributed by atoms with E-state index in [1.807, 2.05) is 0 Å². The topological polar surface area (TPSA) is 32.3 Å². The number of carbonyl (C=O) groups excluding carboxylic acids is 1. The quantitative estimate of drug-likeness (QED) is 0.129. The van der Waals surface area contributed by atoms with Crippen LogP contribution in [0.4, 0.5) is 0 Å². The van der Waals surface area contributed by atoms with Crippen LogP contribution >= 0.6 is 11.8 Å². The summed E-state index contributed by atoms with van der Waals surface area (Å²) in [4.78, 5) is 13.9. The molecule has 0 unspecified atom stereocenters. The van der Waals surface area contributed by atoms with E-state index in [-0.39, 0.29) is 5.91 Å². The summed E-state index contributed by atoms with van der Waals surface area (Å²) in [6.07, 6.45) is 27.0. The van der Waals surface area contributed by atoms with Crippen molar-refractivity contribution in [1.29, 1.82) is 0 Å². The molecular formula is C28H58N2OS. The van der Waals surface area contributed by atoms with Crippen LogP contribution in [-0.4, -0.2) is 49.5 Å². The van der Waals surface area contributed by atoms with E-state index in [9.17, 15) is 4.79 Å². The van der Waals surface area contributed by atoms with Crippen molar-refractivity contribution in [2.45, 2.75) is 135 Å². The number of hydrogen-bond donors (Lipinski definition) is 1. The lowest BCUT2D eigenvalue weighted by Crippen LogP contribution is -2.26. The minimum atomic E-state index is 0.228. The van der Waals surface area contributed by atoms with Gasteiger partial charge in [-0.3, -0.25) is 4.79 Å². The van der Waals surface area contributed by atoms with Crippen LogP contribution in [-0.2, 0) is 4.79 Å². The number of hydrogen-bond acceptors (Lipinski definition) is 3. The van der Waals surface area contributed by atoms with Gasteiger partial charge in [0.15, 0.2) is 0 Å². The number of thioether (sulfide) groups is 1. The summed E-state index contributed by atoms with van der Waals surface area (Å²) in [6, 6.07) is 0. The fraction of sp³-hybridized carbons (Fsp3) is 0.964. The summed E-state index contributed by atoms with van der Waals surface area (Å²) >= 11 is 2.08. The molecule has 0 aromatic rings. The first-order valence-corrected chi connectivity index (χ1v) is 15.3. The highest BCUT2D eigenvalue weighted by molar-refractivity contribution is 7.99. The van der Waals surface area contributed by atoms with Crippen LogP contribution < -0.4 is 5.32 Å². The standard InChI is InChI=1S/C28H58N2OS/c1-4-5-6-7-8-9-10-11-12-13-14-15-16-17-18-20-26-32-27-21-19-23-28(31)29-24-22-25-30(2)3/h4-27H2,1-3H3,(H,29,31). The fourth-order valence-corrected chi connectivity index (χ4v) is 5.08. The zero-order valence-corrected chi connectivity index (χ0v) is 23.1. The van der Waals surface area contributed by atoms with Gasteiger partial charge in [0.1, 0.15) is 0 Å². The van der Waals surface area contributed by atoms with Crippen molar-refractivity contribution in [3.63, 3.8) is 0 Å². The Morgan fingerprint density at radius 1 is 0.625 bits per heavy atom. The molecule has 0 aliphatic heterocycles. The van der Waals surface area contributed by atoms with E-state index in [2.05, 4.69) is 43.0 Å². The zero-order chi connectivity index (χ0) is 23.5. The van der Waals surface area contributed by atoms with Crippen molar-refractivity contribution in [2.75, 3.05) is 38.7 Å². The van der Waals surface area contributed by atoms with E-state index in [4.69, 9.17) is 0 Å². The molecule has 0 radical (unpaired) electrons. The molecule has 1 N–H and O–H groups in total. The van der Waals surface area contributed by atoms with Crippen LogP contribution in [0.25, 0.3) is 0 Å². The Balaban J connectivity index is 3.10. The molecule has 0 aliphatic carbocycles. The Bertz CT molecular complexity index is 376. The summed E-state index contributed by atoms with van der Waals surface area (Å²) in [6.45, 7) is 4.14. The molecule has 0 aromatic carbocycles. The highest BCUT2D eigenvalue weighted by atomic mass is 32.2. The average Bonchev–Trinajstić information content (AvgIpc) is 2.77. The number of nitrogens with zero attached hydrogens (tertiary/aromatic N) is 1. The maximum absolute atomic E-state index is 11.8. The van der Waals surface area contributed by atoms with E-state index in [0.717, 1.165) is 25.9 Å². The maximum atomic E-state index is 11.8. The molecule has 0 rings (SSSR count). The van der Waals surface area contributed by atoms with Gasteiger partial charge < -0.3 is 10.2 Å². The molecule has 0 spiro atoms. The van der Waals surface area contributed by atoms with Gasteiger partial charge in [-0.25, -0.2) is 0 Å². The first kappa shape index (κ1) is 31.8. The summed E-state index contributed by atoms with van der Waals surface area (Å²) in [5, 5.41) is 3.03. The third-order valence-corrected chi connectivity index (χ3v) is 7.34. The molecule has 0 heterocycles. The Kier molecular flexibility index (Phi) is 26.8. The maximum Gasteiger partial charge on any atom is 0.219 e. The third-order valence-electron chi connectivity index (χ3n) is 6.19. The van der Waals surface area contributed by atoms with Crippen LogP contribution in [0.15, 0.2) is 0 Å². The van der Waals surface area contributed by atoms with Crippen molar-refractivity contribution in [3.8, 4) is 0 Å². The molecule has 0 bridgehead atoms. The molecule has 0 aliphatic rings. The number of unbranched alkanes of at least 4 members (excludes halogenated alkanes) is 16. The molecule has 192 valence electrons. The highest BCUT2D eigenvalue weighted by Gasteiger charge is 2.01. The second-order valence-electron chi connectivity index (χ2n) is 9.88. The van der Waals surface area contributed by atoms with E-state index >= 15 is 0 Å². The molecule has 3 nitrogen and oxygen atoms in total. The molecule has 4 heteroatoms. The molecule has 1 amide bonds. The van der Waals surface area contributed by atoms with E-state index < -0.39 is 0 Å². The Morgan fingerprint density at radius 2 is 1.06 bits per heavy atom. The SMILES string of the molecule is CCCCCCCCCCCCCCCCCCSCCCCC(=O)NCCCN(C)C. The predicted octanol–water partition coefficient (Wildman–Crippen LogP) is 8.22. The van der Waals surface area contributed by atoms with Crippen molar-refractivity contribution < 1.29 is 4.79 Å². The van der Waals surface area contributed by atoms with Gasteiger partial charge in [-0.1, -0.05) is 103 Å². The van der Waals surface area contributed by atoms with Crippen molar-refractivity contribution in [3.05, 3.63) is 0 Å². The predicted molar refractivity (Wildman–Crippen MR) is 147 cm³/mol. The molecule has 0 saturated carbocycles. The summed E-state index contributed by atoms with van der Waals surface area (Å²) in [5.41, 5.74) is 0. The number of carbonyl (C=O) groups is 1. The number of nitrogens with one attached hydrogen (secondary N) is 1. The third kappa shape index (κ3) is 27.8. The monoisotopic (exact) mass is 470 g/mol. The van der Waals surface area contributed by atoms with Gasteiger partial charge in [-0.2, -0.15) is 11.8 Å². The molecule has 0 saturated heterocycles. The lowest BCUT2D eigenvalue weighted by Gasteiger charge is -2.09. The van der Waals surface area contributed by atoms with Crippen LogP contribution in [0, 0.1) is 0 Å². The molecular weight excluding hydrogens is 412 g/mol. The molecule has 0 aromatic heterocycles. The minimum absolute atomic E-state index is 0.228. The van der Waals surface area contributed by atoms with Gasteiger partial charge in [-0.05, 0) is 57.8 Å². The second kappa shape index (κ2) is 27.0. The minimum Gasteiger partial charge on any atom is -0.356 e. The fourth-order valence-electron chi connectivity index (χ4n) is 4.06. The van der Waals surface area contributed by atoms with Crippen LogP contribution in [0.1, 0.15) is 135 Å². The van der Waals surface area contributed by atoms with E-state index in [1.54, 1.807) is 0 Å². The molecule has 0 atom stereocenters. The second-order valence-corrected chi connectivity index (χ2v) is 11.1.